The van der Waals surface area contributed by atoms with Crippen molar-refractivity contribution in [3.8, 4) is 0 Å². The van der Waals surface area contributed by atoms with E-state index in [4.69, 9.17) is 16.3 Å². The third-order valence-electron chi connectivity index (χ3n) is 3.23. The van der Waals surface area contributed by atoms with Gasteiger partial charge < -0.3 is 15.0 Å². The number of halogens is 1. The highest BCUT2D eigenvalue weighted by molar-refractivity contribution is 6.30. The van der Waals surface area contributed by atoms with Gasteiger partial charge in [0, 0.05) is 37.5 Å². The van der Waals surface area contributed by atoms with Crippen LogP contribution in [0.1, 0.15) is 12.0 Å². The molecule has 1 aliphatic rings. The molecule has 17 heavy (non-hydrogen) atoms. The molecule has 0 saturated carbocycles. The molecular formula is C13H19ClN2O. The van der Waals surface area contributed by atoms with E-state index in [9.17, 15) is 0 Å². The van der Waals surface area contributed by atoms with Gasteiger partial charge in [0.2, 0.25) is 0 Å². The molecule has 0 amide bonds. The number of hydrogen-bond donors (Lipinski definition) is 1. The standard InChI is InChI=1S/C13H19ClN2O/c1-15-8-10-3-4-11(14)7-13(10)16-6-5-12(9-16)17-2/h3-4,7,12,15H,5-6,8-9H2,1-2H3. The summed E-state index contributed by atoms with van der Waals surface area (Å²) in [6.07, 6.45) is 1.43. The zero-order chi connectivity index (χ0) is 12.3. The lowest BCUT2D eigenvalue weighted by Gasteiger charge is -2.22. The van der Waals surface area contributed by atoms with E-state index in [1.54, 1.807) is 7.11 Å². The summed E-state index contributed by atoms with van der Waals surface area (Å²) in [5, 5.41) is 3.98. The lowest BCUT2D eigenvalue weighted by Crippen LogP contribution is -2.24. The van der Waals surface area contributed by atoms with E-state index >= 15 is 0 Å². The summed E-state index contributed by atoms with van der Waals surface area (Å²) in [6, 6.07) is 6.09. The van der Waals surface area contributed by atoms with Gasteiger partial charge in [0.15, 0.2) is 0 Å². The van der Waals surface area contributed by atoms with E-state index in [1.807, 2.05) is 19.2 Å². The van der Waals surface area contributed by atoms with Crippen LogP contribution in [0, 0.1) is 0 Å². The van der Waals surface area contributed by atoms with E-state index in [0.717, 1.165) is 31.1 Å². The Balaban J connectivity index is 2.21. The molecule has 1 N–H and O–H groups in total. The Morgan fingerprint density at radius 1 is 1.53 bits per heavy atom. The van der Waals surface area contributed by atoms with Crippen LogP contribution in [0.2, 0.25) is 5.02 Å². The Labute approximate surface area is 108 Å². The molecule has 1 unspecified atom stereocenters. The topological polar surface area (TPSA) is 24.5 Å². The normalized spacial score (nSPS) is 19.9. The molecule has 1 aromatic rings. The summed E-state index contributed by atoms with van der Waals surface area (Å²) in [5.41, 5.74) is 2.51. The minimum absolute atomic E-state index is 0.344. The summed E-state index contributed by atoms with van der Waals surface area (Å²) >= 11 is 6.09. The summed E-state index contributed by atoms with van der Waals surface area (Å²) in [5.74, 6) is 0. The number of benzene rings is 1. The van der Waals surface area contributed by atoms with Gasteiger partial charge in [-0.3, -0.25) is 0 Å². The van der Waals surface area contributed by atoms with Crippen molar-refractivity contribution in [1.82, 2.24) is 5.32 Å². The van der Waals surface area contributed by atoms with E-state index in [-0.39, 0.29) is 0 Å². The summed E-state index contributed by atoms with van der Waals surface area (Å²) in [4.78, 5) is 2.35. The minimum Gasteiger partial charge on any atom is -0.380 e. The van der Waals surface area contributed by atoms with Gasteiger partial charge in [-0.25, -0.2) is 0 Å². The summed E-state index contributed by atoms with van der Waals surface area (Å²) in [6.45, 7) is 2.85. The van der Waals surface area contributed by atoms with Gasteiger partial charge >= 0.3 is 0 Å². The maximum atomic E-state index is 6.09. The summed E-state index contributed by atoms with van der Waals surface area (Å²) in [7, 11) is 3.74. The maximum Gasteiger partial charge on any atom is 0.0762 e. The number of nitrogens with one attached hydrogen (secondary N) is 1. The average Bonchev–Trinajstić information content (AvgIpc) is 2.80. The number of anilines is 1. The summed E-state index contributed by atoms with van der Waals surface area (Å²) < 4.78 is 5.40. The van der Waals surface area contributed by atoms with Crippen molar-refractivity contribution < 1.29 is 4.74 Å². The van der Waals surface area contributed by atoms with Gasteiger partial charge in [-0.2, -0.15) is 0 Å². The molecule has 0 spiro atoms. The smallest absolute Gasteiger partial charge is 0.0762 e. The second-order valence-electron chi connectivity index (χ2n) is 4.40. The van der Waals surface area contributed by atoms with Crippen molar-refractivity contribution in [2.75, 3.05) is 32.1 Å². The third-order valence-corrected chi connectivity index (χ3v) is 3.47. The van der Waals surface area contributed by atoms with E-state index in [2.05, 4.69) is 16.3 Å². The largest absolute Gasteiger partial charge is 0.380 e. The Morgan fingerprint density at radius 3 is 3.00 bits per heavy atom. The van der Waals surface area contributed by atoms with E-state index in [0.29, 0.717) is 6.10 Å². The van der Waals surface area contributed by atoms with Crippen LogP contribution in [-0.4, -0.2) is 33.4 Å². The quantitative estimate of drug-likeness (QED) is 0.892. The molecule has 0 radical (unpaired) electrons. The van der Waals surface area contributed by atoms with Gasteiger partial charge in [0.1, 0.15) is 0 Å². The van der Waals surface area contributed by atoms with Gasteiger partial charge in [-0.05, 0) is 31.2 Å². The van der Waals surface area contributed by atoms with Crippen LogP contribution in [0.15, 0.2) is 18.2 Å². The van der Waals surface area contributed by atoms with Crippen LogP contribution in [0.25, 0.3) is 0 Å². The zero-order valence-electron chi connectivity index (χ0n) is 10.4. The van der Waals surface area contributed by atoms with Crippen LogP contribution < -0.4 is 10.2 Å². The molecule has 1 aliphatic heterocycles. The van der Waals surface area contributed by atoms with Crippen molar-refractivity contribution in [3.63, 3.8) is 0 Å². The fraction of sp³-hybridized carbons (Fsp3) is 0.538. The predicted molar refractivity (Wildman–Crippen MR) is 71.8 cm³/mol. The molecule has 1 fully saturated rings. The minimum atomic E-state index is 0.344. The van der Waals surface area contributed by atoms with Gasteiger partial charge in [-0.1, -0.05) is 17.7 Å². The van der Waals surface area contributed by atoms with Crippen molar-refractivity contribution in [2.45, 2.75) is 19.1 Å². The molecule has 94 valence electrons. The molecule has 0 aliphatic carbocycles. The molecule has 1 aromatic carbocycles. The van der Waals surface area contributed by atoms with Gasteiger partial charge in [-0.15, -0.1) is 0 Å². The fourth-order valence-electron chi connectivity index (χ4n) is 2.31. The number of rotatable bonds is 4. The molecule has 1 atom stereocenters. The first-order valence-corrected chi connectivity index (χ1v) is 6.33. The molecular weight excluding hydrogens is 236 g/mol. The first-order valence-electron chi connectivity index (χ1n) is 5.95. The first-order chi connectivity index (χ1) is 8.24. The number of nitrogens with zero attached hydrogens (tertiary/aromatic N) is 1. The Bertz CT molecular complexity index is 384. The first kappa shape index (κ1) is 12.7. The molecule has 1 saturated heterocycles. The van der Waals surface area contributed by atoms with E-state index < -0.39 is 0 Å². The van der Waals surface area contributed by atoms with Crippen molar-refractivity contribution >= 4 is 17.3 Å². The van der Waals surface area contributed by atoms with Crippen LogP contribution >= 0.6 is 11.6 Å². The van der Waals surface area contributed by atoms with Crippen molar-refractivity contribution in [3.05, 3.63) is 28.8 Å². The average molecular weight is 255 g/mol. The van der Waals surface area contributed by atoms with E-state index in [1.165, 1.54) is 11.3 Å². The molecule has 1 heterocycles. The number of hydrogen-bond acceptors (Lipinski definition) is 3. The highest BCUT2D eigenvalue weighted by Gasteiger charge is 2.23. The molecule has 3 nitrogen and oxygen atoms in total. The van der Waals surface area contributed by atoms with Crippen LogP contribution in [0.5, 0.6) is 0 Å². The van der Waals surface area contributed by atoms with Gasteiger partial charge in [0.25, 0.3) is 0 Å². The van der Waals surface area contributed by atoms with Crippen LogP contribution in [-0.2, 0) is 11.3 Å². The van der Waals surface area contributed by atoms with Crippen molar-refractivity contribution in [1.29, 1.82) is 0 Å². The molecule has 4 heteroatoms. The third kappa shape index (κ3) is 2.92. The lowest BCUT2D eigenvalue weighted by molar-refractivity contribution is 0.121. The Kier molecular flexibility index (Phi) is 4.26. The van der Waals surface area contributed by atoms with Crippen LogP contribution in [0.4, 0.5) is 5.69 Å². The maximum absolute atomic E-state index is 6.09. The lowest BCUT2D eigenvalue weighted by atomic mass is 10.1. The molecule has 0 bridgehead atoms. The highest BCUT2D eigenvalue weighted by Crippen LogP contribution is 2.28. The fourth-order valence-corrected chi connectivity index (χ4v) is 2.48. The highest BCUT2D eigenvalue weighted by atomic mass is 35.5. The monoisotopic (exact) mass is 254 g/mol. The molecule has 0 aromatic heterocycles. The second-order valence-corrected chi connectivity index (χ2v) is 4.83. The zero-order valence-corrected chi connectivity index (χ0v) is 11.1. The Morgan fingerprint density at radius 2 is 2.35 bits per heavy atom. The SMILES string of the molecule is CNCc1ccc(Cl)cc1N1CCC(OC)C1. The number of ether oxygens (including phenoxy) is 1. The number of methoxy groups -OCH3 is 1. The molecule has 2 rings (SSSR count). The second kappa shape index (κ2) is 5.71. The van der Waals surface area contributed by atoms with Gasteiger partial charge in [0.05, 0.1) is 6.10 Å². The van der Waals surface area contributed by atoms with Crippen molar-refractivity contribution in [2.24, 2.45) is 0 Å². The van der Waals surface area contributed by atoms with Crippen LogP contribution in [0.3, 0.4) is 0 Å². The predicted octanol–water partition coefficient (Wildman–Crippen LogP) is 2.28. The Hall–Kier alpha value is -0.770.